The van der Waals surface area contributed by atoms with Gasteiger partial charge >= 0.3 is 12.0 Å². The Balaban J connectivity index is 1.30. The molecule has 5 aromatic rings. The van der Waals surface area contributed by atoms with E-state index in [2.05, 4.69) is 27.1 Å². The Labute approximate surface area is 228 Å². The number of carbonyl (C=O) groups is 2. The summed E-state index contributed by atoms with van der Waals surface area (Å²) in [6, 6.07) is 26.1. The van der Waals surface area contributed by atoms with Crippen molar-refractivity contribution in [1.82, 2.24) is 9.97 Å². The van der Waals surface area contributed by atoms with Gasteiger partial charge in [0, 0.05) is 23.4 Å². The van der Waals surface area contributed by atoms with Crippen molar-refractivity contribution in [3.8, 4) is 23.1 Å². The molecule has 6 rings (SSSR count). The highest BCUT2D eigenvalue weighted by atomic mass is 32.1. The van der Waals surface area contributed by atoms with Crippen LogP contribution in [0.2, 0.25) is 0 Å². The van der Waals surface area contributed by atoms with Crippen molar-refractivity contribution in [3.05, 3.63) is 107 Å². The predicted molar refractivity (Wildman–Crippen MR) is 153 cm³/mol. The molecule has 3 heterocycles. The highest BCUT2D eigenvalue weighted by molar-refractivity contribution is 7.22. The second-order valence-corrected chi connectivity index (χ2v) is 10.1. The van der Waals surface area contributed by atoms with Gasteiger partial charge in [0.1, 0.15) is 0 Å². The van der Waals surface area contributed by atoms with E-state index in [0.29, 0.717) is 22.9 Å². The Morgan fingerprint density at radius 2 is 1.74 bits per heavy atom. The molecule has 2 N–H and O–H groups in total. The number of carboxylic acids is 1. The number of carboxylic acid groups (broad SMARTS) is 1. The zero-order chi connectivity index (χ0) is 26.8. The number of pyridine rings is 1. The van der Waals surface area contributed by atoms with Gasteiger partial charge in [-0.2, -0.15) is 0 Å². The standard InChI is InChI=1S/C31H22N4O3S/c36-29(37)28-22(13-12-20-7-2-1-3-8-20)16-17-24(32-28)23-15-14-21-9-6-18-35(26(21)19-23)31(38)34-30-33-25-10-4-5-11-27(25)39-30/h1-5,7-8,10-11,14-17,19H,6,9,18H2,(H,36,37)(H,33,34,38). The lowest BCUT2D eigenvalue weighted by Crippen LogP contribution is -2.38. The lowest BCUT2D eigenvalue weighted by molar-refractivity contribution is 0.0690. The lowest BCUT2D eigenvalue weighted by Gasteiger charge is -2.29. The molecule has 0 unspecified atom stereocenters. The van der Waals surface area contributed by atoms with Crippen molar-refractivity contribution in [1.29, 1.82) is 0 Å². The number of para-hydroxylation sites is 1. The summed E-state index contributed by atoms with van der Waals surface area (Å²) in [5.41, 5.74) is 4.91. The summed E-state index contributed by atoms with van der Waals surface area (Å²) in [7, 11) is 0. The van der Waals surface area contributed by atoms with Gasteiger partial charge in [0.25, 0.3) is 0 Å². The lowest BCUT2D eigenvalue weighted by atomic mass is 9.98. The number of rotatable bonds is 3. The maximum Gasteiger partial charge on any atom is 0.355 e. The minimum absolute atomic E-state index is 0.112. The fourth-order valence-electron chi connectivity index (χ4n) is 4.57. The number of nitrogens with zero attached hydrogens (tertiary/aromatic N) is 3. The van der Waals surface area contributed by atoms with Crippen LogP contribution in [0.15, 0.2) is 84.9 Å². The van der Waals surface area contributed by atoms with Gasteiger partial charge in [0.2, 0.25) is 0 Å². The van der Waals surface area contributed by atoms with Crippen LogP contribution in [0.3, 0.4) is 0 Å². The van der Waals surface area contributed by atoms with Crippen molar-refractivity contribution in [2.45, 2.75) is 12.8 Å². The zero-order valence-corrected chi connectivity index (χ0v) is 21.5. The van der Waals surface area contributed by atoms with Crippen molar-refractivity contribution >= 4 is 44.4 Å². The highest BCUT2D eigenvalue weighted by Crippen LogP contribution is 2.33. The SMILES string of the molecule is O=C(O)c1nc(-c2ccc3c(c2)N(C(=O)Nc2nc4ccccc4s2)CCC3)ccc1C#Cc1ccccc1. The maximum atomic E-state index is 13.3. The first-order valence-corrected chi connectivity index (χ1v) is 13.3. The van der Waals surface area contributed by atoms with Gasteiger partial charge in [0.05, 0.1) is 21.5 Å². The smallest absolute Gasteiger partial charge is 0.355 e. The van der Waals surface area contributed by atoms with Gasteiger partial charge in [-0.15, -0.1) is 0 Å². The number of thiazole rings is 1. The number of amides is 2. The molecule has 39 heavy (non-hydrogen) atoms. The number of anilines is 2. The van der Waals surface area contributed by atoms with Gasteiger partial charge in [-0.1, -0.05) is 65.6 Å². The molecule has 7 nitrogen and oxygen atoms in total. The van der Waals surface area contributed by atoms with Gasteiger partial charge in [0.15, 0.2) is 10.8 Å². The number of urea groups is 1. The van der Waals surface area contributed by atoms with E-state index in [1.165, 1.54) is 11.3 Å². The third-order valence-electron chi connectivity index (χ3n) is 6.47. The minimum atomic E-state index is -1.15. The van der Waals surface area contributed by atoms with E-state index in [-0.39, 0.29) is 11.7 Å². The molecular formula is C31H22N4O3S. The van der Waals surface area contributed by atoms with Crippen molar-refractivity contribution in [2.75, 3.05) is 16.8 Å². The van der Waals surface area contributed by atoms with Crippen LogP contribution in [0.4, 0.5) is 15.6 Å². The van der Waals surface area contributed by atoms with E-state index >= 15 is 0 Å². The fourth-order valence-corrected chi connectivity index (χ4v) is 5.43. The van der Waals surface area contributed by atoms with Crippen LogP contribution in [-0.2, 0) is 6.42 Å². The monoisotopic (exact) mass is 530 g/mol. The average Bonchev–Trinajstić information content (AvgIpc) is 3.38. The molecule has 1 aliphatic heterocycles. The molecule has 0 radical (unpaired) electrons. The summed E-state index contributed by atoms with van der Waals surface area (Å²) >= 11 is 1.43. The third-order valence-corrected chi connectivity index (χ3v) is 7.42. The molecule has 2 amide bonds. The third kappa shape index (κ3) is 5.08. The van der Waals surface area contributed by atoms with Crippen LogP contribution in [0, 0.1) is 11.8 Å². The highest BCUT2D eigenvalue weighted by Gasteiger charge is 2.24. The molecule has 8 heteroatoms. The van der Waals surface area contributed by atoms with E-state index in [4.69, 9.17) is 0 Å². The number of carbonyl (C=O) groups excluding carboxylic acids is 1. The summed E-state index contributed by atoms with van der Waals surface area (Å²) in [4.78, 5) is 36.0. The topological polar surface area (TPSA) is 95.4 Å². The quantitative estimate of drug-likeness (QED) is 0.262. The number of aromatic nitrogens is 2. The Morgan fingerprint density at radius 3 is 2.56 bits per heavy atom. The van der Waals surface area contributed by atoms with Crippen LogP contribution in [0.1, 0.15) is 33.6 Å². The number of aryl methyl sites for hydroxylation is 1. The average molecular weight is 531 g/mol. The molecule has 0 atom stereocenters. The number of hydrogen-bond acceptors (Lipinski definition) is 5. The van der Waals surface area contributed by atoms with E-state index in [0.717, 1.165) is 45.4 Å². The molecule has 0 saturated heterocycles. The molecule has 0 bridgehead atoms. The van der Waals surface area contributed by atoms with Gasteiger partial charge in [-0.25, -0.2) is 19.6 Å². The summed E-state index contributed by atoms with van der Waals surface area (Å²) in [6.45, 7) is 0.564. The number of aromatic carboxylic acids is 1. The van der Waals surface area contributed by atoms with Crippen molar-refractivity contribution in [3.63, 3.8) is 0 Å². The predicted octanol–water partition coefficient (Wildman–Crippen LogP) is 6.44. The number of benzene rings is 3. The molecule has 3 aromatic carbocycles. The van der Waals surface area contributed by atoms with Crippen molar-refractivity contribution < 1.29 is 14.7 Å². The van der Waals surface area contributed by atoms with E-state index in [1.54, 1.807) is 17.0 Å². The molecule has 0 fully saturated rings. The van der Waals surface area contributed by atoms with Crippen LogP contribution in [-0.4, -0.2) is 33.6 Å². The Kier molecular flexibility index (Phi) is 6.49. The minimum Gasteiger partial charge on any atom is -0.476 e. The molecule has 0 saturated carbocycles. The van der Waals surface area contributed by atoms with Gasteiger partial charge in [-0.05, 0) is 60.9 Å². The number of fused-ring (bicyclic) bond motifs is 2. The molecule has 0 spiro atoms. The second-order valence-electron chi connectivity index (χ2n) is 9.03. The Bertz CT molecular complexity index is 1750. The Hall–Kier alpha value is -5.00. The Morgan fingerprint density at radius 1 is 0.923 bits per heavy atom. The zero-order valence-electron chi connectivity index (χ0n) is 20.7. The van der Waals surface area contributed by atoms with Gasteiger partial charge < -0.3 is 5.11 Å². The number of nitrogens with one attached hydrogen (secondary N) is 1. The first kappa shape index (κ1) is 24.3. The summed E-state index contributed by atoms with van der Waals surface area (Å²) in [6.07, 6.45) is 1.69. The largest absolute Gasteiger partial charge is 0.476 e. The molecule has 0 aliphatic carbocycles. The van der Waals surface area contributed by atoms with Crippen LogP contribution in [0.25, 0.3) is 21.5 Å². The van der Waals surface area contributed by atoms with Gasteiger partial charge in [-0.3, -0.25) is 10.2 Å². The van der Waals surface area contributed by atoms with E-state index in [9.17, 15) is 14.7 Å². The maximum absolute atomic E-state index is 13.3. The first-order chi connectivity index (χ1) is 19.0. The van der Waals surface area contributed by atoms with Crippen LogP contribution >= 0.6 is 11.3 Å². The summed E-state index contributed by atoms with van der Waals surface area (Å²) in [5, 5.41) is 13.3. The van der Waals surface area contributed by atoms with E-state index < -0.39 is 5.97 Å². The first-order valence-electron chi connectivity index (χ1n) is 12.4. The summed E-state index contributed by atoms with van der Waals surface area (Å²) in [5.74, 6) is 4.78. The molecule has 2 aromatic heterocycles. The normalized spacial score (nSPS) is 12.4. The summed E-state index contributed by atoms with van der Waals surface area (Å²) < 4.78 is 1.01. The van der Waals surface area contributed by atoms with E-state index in [1.807, 2.05) is 72.8 Å². The van der Waals surface area contributed by atoms with Crippen molar-refractivity contribution in [2.24, 2.45) is 0 Å². The molecular weight excluding hydrogens is 508 g/mol. The second kappa shape index (κ2) is 10.4. The molecule has 1 aliphatic rings. The fraction of sp³-hybridized carbons (Fsp3) is 0.0968. The molecule has 190 valence electrons. The number of hydrogen-bond donors (Lipinski definition) is 2. The van der Waals surface area contributed by atoms with Crippen LogP contribution in [0.5, 0.6) is 0 Å². The van der Waals surface area contributed by atoms with Crippen LogP contribution < -0.4 is 10.2 Å².